The normalized spacial score (nSPS) is 26.5. The third kappa shape index (κ3) is 3.33. The fourth-order valence-electron chi connectivity index (χ4n) is 4.89. The van der Waals surface area contributed by atoms with Crippen LogP contribution in [0.3, 0.4) is 0 Å². The van der Waals surface area contributed by atoms with E-state index in [-0.39, 0.29) is 29.7 Å². The largest absolute Gasteiger partial charge is 0.476 e. The van der Waals surface area contributed by atoms with Crippen molar-refractivity contribution in [2.75, 3.05) is 25.5 Å². The Hall–Kier alpha value is -3.06. The van der Waals surface area contributed by atoms with Crippen LogP contribution in [0.1, 0.15) is 31.7 Å². The maximum Gasteiger partial charge on any atom is 0.268 e. The van der Waals surface area contributed by atoms with Gasteiger partial charge in [-0.1, -0.05) is 24.3 Å². The molecule has 0 radical (unpaired) electrons. The number of nitrogens with one attached hydrogen (secondary N) is 2. The average molecular weight is 421 g/mol. The van der Waals surface area contributed by atoms with Gasteiger partial charge in [-0.2, -0.15) is 0 Å². The molecule has 7 heteroatoms. The van der Waals surface area contributed by atoms with Crippen molar-refractivity contribution >= 4 is 17.5 Å². The minimum absolute atomic E-state index is 0.0820. The van der Waals surface area contributed by atoms with Crippen LogP contribution in [0.15, 0.2) is 42.5 Å². The SMILES string of the molecule is CN1CC(c2ccc3c(c2Oc2ccccc2)NC(=O)C(C)(C)O3)C2CCNC2C1=O. The lowest BCUT2D eigenvalue weighted by Crippen LogP contribution is -2.53. The number of fused-ring (bicyclic) bond motifs is 2. The standard InChI is InChI=1S/C24H27N3O4/c1-24(2)23(29)26-20-18(31-24)10-9-16(21(20)30-14-7-5-4-6-8-14)17-13-27(3)22(28)19-15(17)11-12-25-19/h4-10,15,17,19,25H,11-13H2,1-3H3,(H,26,29). The number of para-hydroxylation sites is 1. The lowest BCUT2D eigenvalue weighted by atomic mass is 9.77. The summed E-state index contributed by atoms with van der Waals surface area (Å²) in [4.78, 5) is 27.1. The molecule has 3 atom stereocenters. The number of hydrogen-bond acceptors (Lipinski definition) is 5. The Labute approximate surface area is 181 Å². The molecule has 3 aliphatic rings. The van der Waals surface area contributed by atoms with E-state index in [1.54, 1.807) is 18.7 Å². The minimum atomic E-state index is -0.962. The molecule has 0 spiro atoms. The molecule has 0 aromatic heterocycles. The quantitative estimate of drug-likeness (QED) is 0.796. The van der Waals surface area contributed by atoms with Crippen molar-refractivity contribution in [1.82, 2.24) is 10.2 Å². The van der Waals surface area contributed by atoms with E-state index in [1.807, 2.05) is 49.5 Å². The topological polar surface area (TPSA) is 79.9 Å². The van der Waals surface area contributed by atoms with E-state index in [4.69, 9.17) is 9.47 Å². The van der Waals surface area contributed by atoms with E-state index < -0.39 is 5.60 Å². The molecule has 2 aromatic rings. The van der Waals surface area contributed by atoms with Crippen LogP contribution in [-0.4, -0.2) is 48.5 Å². The van der Waals surface area contributed by atoms with Gasteiger partial charge in [0.1, 0.15) is 17.2 Å². The van der Waals surface area contributed by atoms with Crippen molar-refractivity contribution in [3.05, 3.63) is 48.0 Å². The first-order chi connectivity index (χ1) is 14.8. The summed E-state index contributed by atoms with van der Waals surface area (Å²) in [5.74, 6) is 2.03. The van der Waals surface area contributed by atoms with Crippen LogP contribution in [0.5, 0.6) is 17.2 Å². The highest BCUT2D eigenvalue weighted by atomic mass is 16.5. The third-order valence-electron chi connectivity index (χ3n) is 6.56. The second kappa shape index (κ2) is 7.27. The Morgan fingerprint density at radius 3 is 2.68 bits per heavy atom. The molecule has 0 bridgehead atoms. The van der Waals surface area contributed by atoms with Gasteiger partial charge >= 0.3 is 0 Å². The minimum Gasteiger partial charge on any atom is -0.476 e. The summed E-state index contributed by atoms with van der Waals surface area (Å²) in [7, 11) is 1.84. The summed E-state index contributed by atoms with van der Waals surface area (Å²) in [5.41, 5.74) is 0.563. The molecule has 162 valence electrons. The Bertz CT molecular complexity index is 1040. The van der Waals surface area contributed by atoms with Crippen LogP contribution in [0.2, 0.25) is 0 Å². The number of piperidine rings is 1. The van der Waals surface area contributed by atoms with Crippen molar-refractivity contribution in [3.63, 3.8) is 0 Å². The third-order valence-corrected chi connectivity index (χ3v) is 6.56. The molecular formula is C24H27N3O4. The maximum atomic E-state index is 12.7. The molecule has 3 unspecified atom stereocenters. The van der Waals surface area contributed by atoms with Crippen molar-refractivity contribution in [1.29, 1.82) is 0 Å². The second-order valence-electron chi connectivity index (χ2n) is 9.05. The molecular weight excluding hydrogens is 394 g/mol. The fourth-order valence-corrected chi connectivity index (χ4v) is 4.89. The molecule has 3 aliphatic heterocycles. The van der Waals surface area contributed by atoms with Gasteiger partial charge in [-0.25, -0.2) is 0 Å². The van der Waals surface area contributed by atoms with Crippen molar-refractivity contribution in [2.24, 2.45) is 5.92 Å². The highest BCUT2D eigenvalue weighted by Gasteiger charge is 2.46. The molecule has 3 heterocycles. The Kier molecular flexibility index (Phi) is 4.66. The predicted molar refractivity (Wildman–Crippen MR) is 117 cm³/mol. The first kappa shape index (κ1) is 19.9. The number of carbonyl (C=O) groups is 2. The van der Waals surface area contributed by atoms with Gasteiger partial charge in [0, 0.05) is 25.1 Å². The molecule has 0 aliphatic carbocycles. The lowest BCUT2D eigenvalue weighted by molar-refractivity contribution is -0.136. The molecule has 2 saturated heterocycles. The average Bonchev–Trinajstić information content (AvgIpc) is 3.23. The van der Waals surface area contributed by atoms with Crippen LogP contribution < -0.4 is 20.1 Å². The van der Waals surface area contributed by atoms with Gasteiger partial charge < -0.3 is 25.0 Å². The van der Waals surface area contributed by atoms with E-state index >= 15 is 0 Å². The molecule has 7 nitrogen and oxygen atoms in total. The highest BCUT2D eigenvalue weighted by molar-refractivity contribution is 6.02. The molecule has 2 aromatic carbocycles. The van der Waals surface area contributed by atoms with Gasteiger partial charge in [0.15, 0.2) is 11.4 Å². The highest BCUT2D eigenvalue weighted by Crippen LogP contribution is 2.49. The van der Waals surface area contributed by atoms with Gasteiger partial charge in [-0.3, -0.25) is 9.59 Å². The number of benzene rings is 2. The molecule has 0 saturated carbocycles. The van der Waals surface area contributed by atoms with E-state index in [2.05, 4.69) is 10.6 Å². The van der Waals surface area contributed by atoms with Crippen molar-refractivity contribution in [3.8, 4) is 17.2 Å². The van der Waals surface area contributed by atoms with Gasteiger partial charge in [0.2, 0.25) is 5.91 Å². The van der Waals surface area contributed by atoms with Crippen LogP contribution in [0.4, 0.5) is 5.69 Å². The smallest absolute Gasteiger partial charge is 0.268 e. The van der Waals surface area contributed by atoms with Crippen molar-refractivity contribution in [2.45, 2.75) is 37.8 Å². The summed E-state index contributed by atoms with van der Waals surface area (Å²) < 4.78 is 12.4. The summed E-state index contributed by atoms with van der Waals surface area (Å²) >= 11 is 0. The molecule has 2 N–H and O–H groups in total. The number of amides is 2. The maximum absolute atomic E-state index is 12.7. The predicted octanol–water partition coefficient (Wildman–Crippen LogP) is 3.12. The summed E-state index contributed by atoms with van der Waals surface area (Å²) in [6.45, 7) is 4.91. The number of carbonyl (C=O) groups excluding carboxylic acids is 2. The number of rotatable bonds is 3. The molecule has 2 amide bonds. The lowest BCUT2D eigenvalue weighted by Gasteiger charge is -2.40. The molecule has 31 heavy (non-hydrogen) atoms. The summed E-state index contributed by atoms with van der Waals surface area (Å²) in [6.07, 6.45) is 0.923. The zero-order valence-electron chi connectivity index (χ0n) is 18.0. The van der Waals surface area contributed by atoms with Gasteiger partial charge in [-0.05, 0) is 50.9 Å². The number of ether oxygens (including phenoxy) is 2. The molecule has 5 rings (SSSR count). The van der Waals surface area contributed by atoms with Crippen molar-refractivity contribution < 1.29 is 19.1 Å². The monoisotopic (exact) mass is 421 g/mol. The van der Waals surface area contributed by atoms with E-state index in [0.717, 1.165) is 18.5 Å². The van der Waals surface area contributed by atoms with E-state index in [0.29, 0.717) is 29.5 Å². The summed E-state index contributed by atoms with van der Waals surface area (Å²) in [5, 5.41) is 6.37. The number of anilines is 1. The van der Waals surface area contributed by atoms with Gasteiger partial charge in [0.25, 0.3) is 5.91 Å². The van der Waals surface area contributed by atoms with Gasteiger partial charge in [-0.15, -0.1) is 0 Å². The van der Waals surface area contributed by atoms with Gasteiger partial charge in [0.05, 0.1) is 6.04 Å². The van der Waals surface area contributed by atoms with Crippen LogP contribution in [0.25, 0.3) is 0 Å². The Balaban J connectivity index is 1.63. The van der Waals surface area contributed by atoms with Crippen LogP contribution in [0, 0.1) is 5.92 Å². The Morgan fingerprint density at radius 2 is 1.90 bits per heavy atom. The van der Waals surface area contributed by atoms with Crippen LogP contribution in [-0.2, 0) is 9.59 Å². The van der Waals surface area contributed by atoms with Crippen LogP contribution >= 0.6 is 0 Å². The number of likely N-dealkylation sites (tertiary alicyclic amines) is 1. The zero-order valence-corrected chi connectivity index (χ0v) is 18.0. The first-order valence-corrected chi connectivity index (χ1v) is 10.7. The number of hydrogen-bond donors (Lipinski definition) is 2. The zero-order chi connectivity index (χ0) is 21.8. The molecule has 2 fully saturated rings. The summed E-state index contributed by atoms with van der Waals surface area (Å²) in [6, 6.07) is 13.3. The Morgan fingerprint density at radius 1 is 1.13 bits per heavy atom. The van der Waals surface area contributed by atoms with E-state index in [9.17, 15) is 9.59 Å². The number of likely N-dealkylation sites (N-methyl/N-ethyl adjacent to an activating group) is 1. The number of nitrogens with zero attached hydrogens (tertiary/aromatic N) is 1. The second-order valence-corrected chi connectivity index (χ2v) is 9.05. The van der Waals surface area contributed by atoms with E-state index in [1.165, 1.54) is 0 Å². The first-order valence-electron chi connectivity index (χ1n) is 10.7. The fraction of sp³-hybridized carbons (Fsp3) is 0.417.